The highest BCUT2D eigenvalue weighted by Crippen LogP contribution is 2.36. The molecule has 0 saturated carbocycles. The molecular weight excluding hydrogens is 597 g/mol. The molecule has 1 heterocycles. The first-order valence-electron chi connectivity index (χ1n) is 9.67. The van der Waals surface area contributed by atoms with E-state index in [2.05, 4.69) is 31.9 Å². The predicted octanol–water partition coefficient (Wildman–Crippen LogP) is 7.82. The molecule has 4 rings (SSSR count). The average Bonchev–Trinajstić information content (AvgIpc) is 3.03. The second-order valence-corrected chi connectivity index (χ2v) is 10.2. The van der Waals surface area contributed by atoms with Crippen LogP contribution in [-0.4, -0.2) is 16.0 Å². The number of nitrogens with zero attached hydrogens (tertiary/aromatic N) is 1. The fraction of sp³-hybridized carbons (Fsp3) is 0.0833. The van der Waals surface area contributed by atoms with Crippen molar-refractivity contribution in [2.75, 3.05) is 0 Å². The molecule has 1 aliphatic rings. The minimum Gasteiger partial charge on any atom is -0.488 e. The van der Waals surface area contributed by atoms with Crippen molar-refractivity contribution in [3.63, 3.8) is 0 Å². The Morgan fingerprint density at radius 3 is 2.61 bits per heavy atom. The first kappa shape index (κ1) is 24.0. The lowest BCUT2D eigenvalue weighted by molar-refractivity contribution is -0.123. The van der Waals surface area contributed by atoms with Gasteiger partial charge in [0, 0.05) is 20.1 Å². The Morgan fingerprint density at radius 2 is 1.85 bits per heavy atom. The van der Waals surface area contributed by atoms with Gasteiger partial charge in [-0.2, -0.15) is 0 Å². The molecule has 1 saturated heterocycles. The Kier molecular flexibility index (Phi) is 7.58. The summed E-state index contributed by atoms with van der Waals surface area (Å²) in [4.78, 5) is 27.0. The molecule has 0 unspecified atom stereocenters. The number of rotatable bonds is 6. The van der Waals surface area contributed by atoms with Gasteiger partial charge in [0.05, 0.1) is 16.5 Å². The zero-order valence-corrected chi connectivity index (χ0v) is 21.6. The number of carbonyl (C=O) groups excluding carboxylic acids is 2. The first-order chi connectivity index (χ1) is 15.8. The van der Waals surface area contributed by atoms with Crippen molar-refractivity contribution in [1.82, 2.24) is 4.90 Å². The van der Waals surface area contributed by atoms with Crippen molar-refractivity contribution in [1.29, 1.82) is 0 Å². The van der Waals surface area contributed by atoms with Crippen molar-refractivity contribution in [3.05, 3.63) is 102 Å². The van der Waals surface area contributed by atoms with E-state index in [1.54, 1.807) is 30.3 Å². The molecule has 2 amide bonds. The number of ether oxygens (including phenoxy) is 1. The molecule has 0 radical (unpaired) electrons. The molecule has 0 bridgehead atoms. The quantitative estimate of drug-likeness (QED) is 0.267. The van der Waals surface area contributed by atoms with Gasteiger partial charge in [-0.25, -0.2) is 4.39 Å². The number of halogens is 4. The molecule has 4 nitrogen and oxygen atoms in total. The Hall–Kier alpha value is -2.13. The van der Waals surface area contributed by atoms with Gasteiger partial charge in [-0.05, 0) is 59.8 Å². The van der Waals surface area contributed by atoms with Gasteiger partial charge in [0.15, 0.2) is 0 Å². The first-order valence-corrected chi connectivity index (χ1v) is 12.5. The lowest BCUT2D eigenvalue weighted by Gasteiger charge is -2.14. The summed E-state index contributed by atoms with van der Waals surface area (Å²) >= 11 is 13.8. The Labute approximate surface area is 216 Å². The van der Waals surface area contributed by atoms with Crippen LogP contribution in [0.15, 0.2) is 74.5 Å². The molecular formula is C24H15Br2ClFNO3S. The molecule has 0 aliphatic carbocycles. The second-order valence-electron chi connectivity index (χ2n) is 7.03. The van der Waals surface area contributed by atoms with E-state index in [1.165, 1.54) is 17.0 Å². The fourth-order valence-electron chi connectivity index (χ4n) is 3.16. The number of hydrogen-bond acceptors (Lipinski definition) is 4. The van der Waals surface area contributed by atoms with Gasteiger partial charge >= 0.3 is 0 Å². The smallest absolute Gasteiger partial charge is 0.293 e. The van der Waals surface area contributed by atoms with Gasteiger partial charge < -0.3 is 4.74 Å². The standard InChI is InChI=1S/C24H15Br2ClFNO3S/c25-16-8-9-21(32-13-17-19(27)6-3-7-20(17)28)15(10-16)11-22-23(30)29(24(31)33-22)12-14-4-1-2-5-18(14)26/h1-11H,12-13H2/b22-11-. The Morgan fingerprint density at radius 1 is 1.06 bits per heavy atom. The highest BCUT2D eigenvalue weighted by Gasteiger charge is 2.35. The molecule has 0 N–H and O–H groups in total. The van der Waals surface area contributed by atoms with E-state index in [0.717, 1.165) is 26.3 Å². The van der Waals surface area contributed by atoms with Crippen LogP contribution in [0.2, 0.25) is 5.02 Å². The molecule has 0 spiro atoms. The fourth-order valence-corrected chi connectivity index (χ4v) is 4.99. The summed E-state index contributed by atoms with van der Waals surface area (Å²) in [6.45, 7) is 0.0779. The molecule has 0 atom stereocenters. The van der Waals surface area contributed by atoms with Gasteiger partial charge in [0.2, 0.25) is 0 Å². The Balaban J connectivity index is 1.58. The van der Waals surface area contributed by atoms with E-state index in [9.17, 15) is 14.0 Å². The second kappa shape index (κ2) is 10.4. The van der Waals surface area contributed by atoms with Gasteiger partial charge in [-0.15, -0.1) is 0 Å². The van der Waals surface area contributed by atoms with Crippen LogP contribution in [0.4, 0.5) is 9.18 Å². The third-order valence-corrected chi connectivity index (χ3v) is 7.38. The van der Waals surface area contributed by atoms with Gasteiger partial charge in [-0.1, -0.05) is 67.7 Å². The minimum absolute atomic E-state index is 0.0858. The molecule has 33 heavy (non-hydrogen) atoms. The van der Waals surface area contributed by atoms with E-state index in [0.29, 0.717) is 11.3 Å². The zero-order chi connectivity index (χ0) is 23.5. The van der Waals surface area contributed by atoms with E-state index in [-0.39, 0.29) is 39.8 Å². The van der Waals surface area contributed by atoms with Gasteiger partial charge in [0.1, 0.15) is 18.2 Å². The lowest BCUT2D eigenvalue weighted by atomic mass is 10.1. The van der Waals surface area contributed by atoms with Crippen LogP contribution in [0, 0.1) is 5.82 Å². The van der Waals surface area contributed by atoms with Crippen molar-refractivity contribution >= 4 is 72.4 Å². The van der Waals surface area contributed by atoms with E-state index >= 15 is 0 Å². The normalized spacial score (nSPS) is 14.9. The molecule has 1 aliphatic heterocycles. The van der Waals surface area contributed by atoms with Crippen molar-refractivity contribution in [2.24, 2.45) is 0 Å². The monoisotopic (exact) mass is 609 g/mol. The lowest BCUT2D eigenvalue weighted by Crippen LogP contribution is -2.27. The minimum atomic E-state index is -0.464. The Bertz CT molecular complexity index is 1260. The van der Waals surface area contributed by atoms with Crippen LogP contribution < -0.4 is 4.74 Å². The number of carbonyl (C=O) groups is 2. The average molecular weight is 612 g/mol. The number of hydrogen-bond donors (Lipinski definition) is 0. The van der Waals surface area contributed by atoms with Crippen LogP contribution in [-0.2, 0) is 17.9 Å². The summed E-state index contributed by atoms with van der Waals surface area (Å²) in [7, 11) is 0. The van der Waals surface area contributed by atoms with Crippen molar-refractivity contribution in [2.45, 2.75) is 13.2 Å². The number of amides is 2. The zero-order valence-electron chi connectivity index (χ0n) is 16.9. The molecule has 9 heteroatoms. The summed E-state index contributed by atoms with van der Waals surface area (Å²) in [6, 6.07) is 17.1. The summed E-state index contributed by atoms with van der Waals surface area (Å²) in [5.41, 5.74) is 1.64. The maximum atomic E-state index is 14.1. The molecule has 3 aromatic carbocycles. The number of benzene rings is 3. The van der Waals surface area contributed by atoms with Crippen LogP contribution >= 0.6 is 55.2 Å². The molecule has 0 aromatic heterocycles. The molecule has 1 fully saturated rings. The highest BCUT2D eigenvalue weighted by atomic mass is 79.9. The van der Waals surface area contributed by atoms with Crippen LogP contribution in [0.3, 0.4) is 0 Å². The third kappa shape index (κ3) is 5.51. The van der Waals surface area contributed by atoms with E-state index in [1.807, 2.05) is 24.3 Å². The topological polar surface area (TPSA) is 46.6 Å². The highest BCUT2D eigenvalue weighted by molar-refractivity contribution is 9.10. The summed E-state index contributed by atoms with van der Waals surface area (Å²) in [6.07, 6.45) is 1.61. The van der Waals surface area contributed by atoms with Crippen LogP contribution in [0.1, 0.15) is 16.7 Å². The summed E-state index contributed by atoms with van der Waals surface area (Å²) in [5.74, 6) is -0.423. The van der Waals surface area contributed by atoms with Gasteiger partial charge in [-0.3, -0.25) is 14.5 Å². The largest absolute Gasteiger partial charge is 0.488 e. The maximum absolute atomic E-state index is 14.1. The SMILES string of the molecule is O=C1S/C(=C\c2cc(Br)ccc2OCc2c(F)cccc2Cl)C(=O)N1Cc1ccccc1Br. The van der Waals surface area contributed by atoms with E-state index in [4.69, 9.17) is 16.3 Å². The van der Waals surface area contributed by atoms with Gasteiger partial charge in [0.25, 0.3) is 11.1 Å². The van der Waals surface area contributed by atoms with Crippen molar-refractivity contribution < 1.29 is 18.7 Å². The number of imide groups is 1. The summed E-state index contributed by atoms with van der Waals surface area (Å²) < 4.78 is 21.5. The summed E-state index contributed by atoms with van der Waals surface area (Å²) in [5, 5.41) is -0.0838. The molecule has 168 valence electrons. The van der Waals surface area contributed by atoms with E-state index < -0.39 is 5.82 Å². The van der Waals surface area contributed by atoms with Crippen LogP contribution in [0.5, 0.6) is 5.75 Å². The predicted molar refractivity (Wildman–Crippen MR) is 136 cm³/mol. The van der Waals surface area contributed by atoms with Crippen LogP contribution in [0.25, 0.3) is 6.08 Å². The third-order valence-electron chi connectivity index (χ3n) is 4.85. The maximum Gasteiger partial charge on any atom is 0.293 e. The molecule has 3 aromatic rings. The van der Waals surface area contributed by atoms with Crippen molar-refractivity contribution in [3.8, 4) is 5.75 Å². The number of thioether (sulfide) groups is 1.